The summed E-state index contributed by atoms with van der Waals surface area (Å²) < 4.78 is 29.4. The number of carbonyl (C=O) groups is 1. The Morgan fingerprint density at radius 3 is 1.68 bits per heavy atom. The van der Waals surface area contributed by atoms with Crippen molar-refractivity contribution in [3.63, 3.8) is 0 Å². The fourth-order valence-electron chi connectivity index (χ4n) is 3.87. The number of hydrogen-bond acceptors (Lipinski definition) is 3. The number of benzene rings is 4. The van der Waals surface area contributed by atoms with Gasteiger partial charge in [-0.3, -0.25) is 4.79 Å². The Morgan fingerprint density at radius 1 is 0.676 bits per heavy atom. The molecular weight excluding hydrogens is 572 g/mol. The third kappa shape index (κ3) is 7.52. The van der Waals surface area contributed by atoms with E-state index in [4.69, 9.17) is 11.6 Å². The molecule has 0 N–H and O–H groups in total. The van der Waals surface area contributed by atoms with E-state index in [-0.39, 0.29) is 23.9 Å². The first kappa shape index (κ1) is 27.1. The maximum atomic E-state index is 13.7. The number of nitrogens with zero attached hydrogens (tertiary/aromatic N) is 2. The highest BCUT2D eigenvalue weighted by molar-refractivity contribution is 9.10. The molecule has 8 heteroatoms. The van der Waals surface area contributed by atoms with Gasteiger partial charge in [-0.25, -0.2) is 8.42 Å². The molecule has 1 amide bonds. The van der Waals surface area contributed by atoms with Crippen LogP contribution in [-0.2, 0) is 34.5 Å². The molecule has 4 aromatic rings. The van der Waals surface area contributed by atoms with Crippen LogP contribution in [0, 0.1) is 0 Å². The number of amides is 1. The lowest BCUT2D eigenvalue weighted by Crippen LogP contribution is -2.42. The normalized spacial score (nSPS) is 11.4. The largest absolute Gasteiger partial charge is 0.333 e. The lowest BCUT2D eigenvalue weighted by Gasteiger charge is -2.28. The van der Waals surface area contributed by atoms with Crippen molar-refractivity contribution < 1.29 is 13.2 Å². The minimum atomic E-state index is -3.97. The van der Waals surface area contributed by atoms with E-state index in [1.807, 2.05) is 60.7 Å². The molecule has 37 heavy (non-hydrogen) atoms. The van der Waals surface area contributed by atoms with Crippen LogP contribution in [0.3, 0.4) is 0 Å². The second kappa shape index (κ2) is 12.5. The van der Waals surface area contributed by atoms with Gasteiger partial charge in [0.25, 0.3) is 0 Å². The van der Waals surface area contributed by atoms with Gasteiger partial charge in [0.05, 0.1) is 11.4 Å². The van der Waals surface area contributed by atoms with E-state index in [0.29, 0.717) is 18.1 Å². The fraction of sp³-hybridized carbons (Fsp3) is 0.138. The zero-order chi connectivity index (χ0) is 26.3. The van der Waals surface area contributed by atoms with Gasteiger partial charge in [-0.1, -0.05) is 100 Å². The molecular formula is C29H26BrClN2O3S. The highest BCUT2D eigenvalue weighted by Crippen LogP contribution is 2.22. The topological polar surface area (TPSA) is 57.7 Å². The first-order chi connectivity index (χ1) is 17.8. The maximum Gasteiger partial charge on any atom is 0.243 e. The summed E-state index contributed by atoms with van der Waals surface area (Å²) in [5.41, 5.74) is 2.66. The quantitative estimate of drug-likeness (QED) is 0.209. The molecule has 0 aliphatic rings. The van der Waals surface area contributed by atoms with Crippen molar-refractivity contribution in [2.24, 2.45) is 0 Å². The number of rotatable bonds is 10. The molecule has 0 spiro atoms. The van der Waals surface area contributed by atoms with E-state index in [0.717, 1.165) is 21.2 Å². The van der Waals surface area contributed by atoms with Crippen LogP contribution in [0.1, 0.15) is 16.7 Å². The minimum absolute atomic E-state index is 0.0336. The van der Waals surface area contributed by atoms with E-state index in [9.17, 15) is 13.2 Å². The SMILES string of the molecule is O=C(CN(Cc1ccc(Cl)cc1)S(=O)(=O)c1ccc(Br)cc1)N(Cc1ccccc1)Cc1ccccc1. The summed E-state index contributed by atoms with van der Waals surface area (Å²) in [4.78, 5) is 15.5. The molecule has 0 aliphatic carbocycles. The molecule has 0 aromatic heterocycles. The molecule has 5 nitrogen and oxygen atoms in total. The van der Waals surface area contributed by atoms with Crippen LogP contribution in [0.2, 0.25) is 5.02 Å². The zero-order valence-electron chi connectivity index (χ0n) is 20.0. The van der Waals surface area contributed by atoms with Crippen LogP contribution < -0.4 is 0 Å². The Balaban J connectivity index is 1.65. The molecule has 0 saturated carbocycles. The molecule has 4 aromatic carbocycles. The molecule has 0 atom stereocenters. The maximum absolute atomic E-state index is 13.7. The minimum Gasteiger partial charge on any atom is -0.333 e. The molecule has 4 rings (SSSR count). The first-order valence-electron chi connectivity index (χ1n) is 11.7. The Labute approximate surface area is 231 Å². The molecule has 0 bridgehead atoms. The van der Waals surface area contributed by atoms with Crippen LogP contribution in [0.25, 0.3) is 0 Å². The second-order valence-corrected chi connectivity index (χ2v) is 11.9. The van der Waals surface area contributed by atoms with Gasteiger partial charge in [0.15, 0.2) is 0 Å². The summed E-state index contributed by atoms with van der Waals surface area (Å²) in [7, 11) is -3.97. The van der Waals surface area contributed by atoms with Crippen molar-refractivity contribution in [3.05, 3.63) is 135 Å². The summed E-state index contributed by atoms with van der Waals surface area (Å²) in [6.07, 6.45) is 0. The molecule has 190 valence electrons. The average Bonchev–Trinajstić information content (AvgIpc) is 2.90. The summed E-state index contributed by atoms with van der Waals surface area (Å²) in [6, 6.07) is 32.7. The van der Waals surface area contributed by atoms with Crippen molar-refractivity contribution >= 4 is 43.5 Å². The molecule has 0 unspecified atom stereocenters. The van der Waals surface area contributed by atoms with Gasteiger partial charge in [0.1, 0.15) is 0 Å². The summed E-state index contributed by atoms with van der Waals surface area (Å²) in [5.74, 6) is -0.289. The lowest BCUT2D eigenvalue weighted by atomic mass is 10.1. The molecule has 0 aliphatic heterocycles. The van der Waals surface area contributed by atoms with E-state index >= 15 is 0 Å². The third-order valence-electron chi connectivity index (χ3n) is 5.82. The fourth-order valence-corrected chi connectivity index (χ4v) is 5.63. The van der Waals surface area contributed by atoms with Crippen LogP contribution >= 0.6 is 27.5 Å². The molecule has 0 heterocycles. The van der Waals surface area contributed by atoms with E-state index < -0.39 is 10.0 Å². The van der Waals surface area contributed by atoms with Crippen molar-refractivity contribution in [3.8, 4) is 0 Å². The number of hydrogen-bond donors (Lipinski definition) is 0. The van der Waals surface area contributed by atoms with Crippen molar-refractivity contribution in [1.29, 1.82) is 0 Å². The van der Waals surface area contributed by atoms with Gasteiger partial charge >= 0.3 is 0 Å². The smallest absolute Gasteiger partial charge is 0.243 e. The standard InChI is InChI=1S/C29H26BrClN2O3S/c30-26-13-17-28(18-14-26)37(35,36)33(21-25-11-15-27(31)16-12-25)22-29(34)32(19-23-7-3-1-4-8-23)20-24-9-5-2-6-10-24/h1-18H,19-22H2. The van der Waals surface area contributed by atoms with E-state index in [1.165, 1.54) is 16.4 Å². The van der Waals surface area contributed by atoms with Crippen molar-refractivity contribution in [1.82, 2.24) is 9.21 Å². The van der Waals surface area contributed by atoms with Gasteiger partial charge in [-0.05, 0) is 53.1 Å². The van der Waals surface area contributed by atoms with Gasteiger partial charge in [-0.15, -0.1) is 0 Å². The average molecular weight is 598 g/mol. The first-order valence-corrected chi connectivity index (χ1v) is 14.3. The Kier molecular flexibility index (Phi) is 9.16. The van der Waals surface area contributed by atoms with Crippen molar-refractivity contribution in [2.45, 2.75) is 24.5 Å². The van der Waals surface area contributed by atoms with Crippen LogP contribution in [0.5, 0.6) is 0 Å². The van der Waals surface area contributed by atoms with E-state index in [2.05, 4.69) is 15.9 Å². The van der Waals surface area contributed by atoms with Crippen molar-refractivity contribution in [2.75, 3.05) is 6.54 Å². The second-order valence-electron chi connectivity index (χ2n) is 8.57. The Bertz CT molecular complexity index is 1370. The highest BCUT2D eigenvalue weighted by Gasteiger charge is 2.29. The zero-order valence-corrected chi connectivity index (χ0v) is 23.2. The number of halogens is 2. The predicted octanol–water partition coefficient (Wildman–Crippen LogP) is 6.52. The summed E-state index contributed by atoms with van der Waals surface area (Å²) in [6.45, 7) is 0.454. The molecule has 0 fully saturated rings. The Hall–Kier alpha value is -2.97. The predicted molar refractivity (Wildman–Crippen MR) is 150 cm³/mol. The summed E-state index contributed by atoms with van der Waals surface area (Å²) >= 11 is 9.38. The van der Waals surface area contributed by atoms with Crippen LogP contribution in [0.4, 0.5) is 0 Å². The third-order valence-corrected chi connectivity index (χ3v) is 8.41. The van der Waals surface area contributed by atoms with Gasteiger partial charge in [-0.2, -0.15) is 4.31 Å². The van der Waals surface area contributed by atoms with Crippen LogP contribution in [0.15, 0.2) is 119 Å². The van der Waals surface area contributed by atoms with Gasteiger partial charge < -0.3 is 4.90 Å². The number of sulfonamides is 1. The molecule has 0 saturated heterocycles. The highest BCUT2D eigenvalue weighted by atomic mass is 79.9. The monoisotopic (exact) mass is 596 g/mol. The van der Waals surface area contributed by atoms with Gasteiger partial charge in [0, 0.05) is 29.1 Å². The molecule has 0 radical (unpaired) electrons. The lowest BCUT2D eigenvalue weighted by molar-refractivity contribution is -0.132. The number of carbonyl (C=O) groups excluding carboxylic acids is 1. The Morgan fingerprint density at radius 2 is 1.16 bits per heavy atom. The van der Waals surface area contributed by atoms with Gasteiger partial charge in [0.2, 0.25) is 15.9 Å². The van der Waals surface area contributed by atoms with Crippen LogP contribution in [-0.4, -0.2) is 30.1 Å². The van der Waals surface area contributed by atoms with E-state index in [1.54, 1.807) is 41.3 Å². The summed E-state index contributed by atoms with van der Waals surface area (Å²) in [5, 5.41) is 0.555.